The first-order valence-corrected chi connectivity index (χ1v) is 7.67. The summed E-state index contributed by atoms with van der Waals surface area (Å²) in [6.07, 6.45) is 2.95. The lowest BCUT2D eigenvalue weighted by atomic mass is 9.95. The van der Waals surface area contributed by atoms with E-state index in [2.05, 4.69) is 5.32 Å². The van der Waals surface area contributed by atoms with Crippen LogP contribution in [0.25, 0.3) is 0 Å². The van der Waals surface area contributed by atoms with Gasteiger partial charge in [0.15, 0.2) is 0 Å². The van der Waals surface area contributed by atoms with E-state index in [0.29, 0.717) is 45.1 Å². The van der Waals surface area contributed by atoms with Gasteiger partial charge in [-0.1, -0.05) is 13.3 Å². The molecule has 0 bridgehead atoms. The average molecular weight is 301 g/mol. The Hall–Kier alpha value is -1.14. The molecule has 0 aliphatic heterocycles. The summed E-state index contributed by atoms with van der Waals surface area (Å²) in [6.45, 7) is 4.24. The molecule has 1 fully saturated rings. The molecule has 0 aromatic rings. The third-order valence-electron chi connectivity index (χ3n) is 4.09. The van der Waals surface area contributed by atoms with Crippen LogP contribution in [0.4, 0.5) is 0 Å². The zero-order chi connectivity index (χ0) is 15.7. The molecule has 21 heavy (non-hydrogen) atoms. The molecule has 0 aromatic heterocycles. The van der Waals surface area contributed by atoms with E-state index in [-0.39, 0.29) is 11.8 Å². The first kappa shape index (κ1) is 17.9. The molecule has 1 unspecified atom stereocenters. The quantitative estimate of drug-likeness (QED) is 0.594. The van der Waals surface area contributed by atoms with Crippen LogP contribution in [-0.2, 0) is 19.1 Å². The highest BCUT2D eigenvalue weighted by atomic mass is 16.5. The van der Waals surface area contributed by atoms with Gasteiger partial charge in [0.05, 0.1) is 25.0 Å². The Morgan fingerprint density at radius 1 is 1.19 bits per heavy atom. The van der Waals surface area contributed by atoms with Gasteiger partial charge in [0, 0.05) is 20.3 Å². The number of nitrogens with one attached hydrogen (secondary N) is 1. The van der Waals surface area contributed by atoms with E-state index in [9.17, 15) is 14.7 Å². The number of carboxylic acids is 1. The molecule has 0 heterocycles. The fourth-order valence-corrected chi connectivity index (χ4v) is 2.80. The maximum absolute atomic E-state index is 12.1. The van der Waals surface area contributed by atoms with Crippen LogP contribution in [0.5, 0.6) is 0 Å². The average Bonchev–Trinajstić information content (AvgIpc) is 2.90. The summed E-state index contributed by atoms with van der Waals surface area (Å²) in [5.41, 5.74) is 0. The number of aliphatic carboxylic acids is 1. The minimum atomic E-state index is -0.853. The molecule has 2 N–H and O–H groups in total. The van der Waals surface area contributed by atoms with Crippen molar-refractivity contribution in [1.82, 2.24) is 5.32 Å². The third kappa shape index (κ3) is 6.01. The minimum absolute atomic E-state index is 0.129. The van der Waals surface area contributed by atoms with Gasteiger partial charge in [0.25, 0.3) is 0 Å². The zero-order valence-corrected chi connectivity index (χ0v) is 13.0. The third-order valence-corrected chi connectivity index (χ3v) is 4.09. The minimum Gasteiger partial charge on any atom is -0.481 e. The Morgan fingerprint density at radius 2 is 1.90 bits per heavy atom. The van der Waals surface area contributed by atoms with Crippen molar-refractivity contribution in [2.24, 2.45) is 17.8 Å². The van der Waals surface area contributed by atoms with Crippen molar-refractivity contribution >= 4 is 11.9 Å². The van der Waals surface area contributed by atoms with Crippen LogP contribution < -0.4 is 5.32 Å². The summed E-state index contributed by atoms with van der Waals surface area (Å²) >= 11 is 0. The van der Waals surface area contributed by atoms with E-state index in [0.717, 1.165) is 12.8 Å². The predicted molar refractivity (Wildman–Crippen MR) is 78.0 cm³/mol. The Bertz CT molecular complexity index is 334. The van der Waals surface area contributed by atoms with Gasteiger partial charge < -0.3 is 19.9 Å². The number of ether oxygens (including phenoxy) is 2. The maximum atomic E-state index is 12.1. The van der Waals surface area contributed by atoms with Gasteiger partial charge >= 0.3 is 5.97 Å². The highest BCUT2D eigenvalue weighted by Crippen LogP contribution is 2.38. The summed E-state index contributed by atoms with van der Waals surface area (Å²) in [6, 6.07) is 0. The molecule has 1 rings (SSSR count). The lowest BCUT2D eigenvalue weighted by molar-refractivity contribution is -0.146. The normalized spacial score (nSPS) is 25.0. The molecule has 0 radical (unpaired) electrons. The van der Waals surface area contributed by atoms with Crippen molar-refractivity contribution in [3.63, 3.8) is 0 Å². The summed E-state index contributed by atoms with van der Waals surface area (Å²) in [4.78, 5) is 23.4. The summed E-state index contributed by atoms with van der Waals surface area (Å²) in [5, 5.41) is 12.1. The van der Waals surface area contributed by atoms with E-state index in [4.69, 9.17) is 9.47 Å². The van der Waals surface area contributed by atoms with Crippen LogP contribution in [0.1, 0.15) is 32.6 Å². The first-order valence-electron chi connectivity index (χ1n) is 7.67. The van der Waals surface area contributed by atoms with Crippen molar-refractivity contribution in [2.75, 3.05) is 33.5 Å². The SMILES string of the molecule is CCC1C[C@H](C(=O)NCCCOCCOC)[C@H](C(=O)O)C1. The molecule has 1 aliphatic carbocycles. The van der Waals surface area contributed by atoms with Crippen LogP contribution in [0.2, 0.25) is 0 Å². The molecule has 0 saturated heterocycles. The molecule has 1 saturated carbocycles. The predicted octanol–water partition coefficient (Wildman–Crippen LogP) is 1.29. The van der Waals surface area contributed by atoms with Gasteiger partial charge in [0.2, 0.25) is 5.91 Å². The largest absolute Gasteiger partial charge is 0.481 e. The Morgan fingerprint density at radius 3 is 2.52 bits per heavy atom. The fourth-order valence-electron chi connectivity index (χ4n) is 2.80. The van der Waals surface area contributed by atoms with Gasteiger partial charge in [-0.05, 0) is 25.2 Å². The molecule has 6 nitrogen and oxygen atoms in total. The van der Waals surface area contributed by atoms with Crippen LogP contribution in [0.3, 0.4) is 0 Å². The summed E-state index contributed by atoms with van der Waals surface area (Å²) in [7, 11) is 1.62. The number of carbonyl (C=O) groups is 2. The molecule has 122 valence electrons. The molecular formula is C15H27NO5. The highest BCUT2D eigenvalue weighted by molar-refractivity contribution is 5.85. The van der Waals surface area contributed by atoms with E-state index >= 15 is 0 Å². The van der Waals surface area contributed by atoms with E-state index in [1.165, 1.54) is 0 Å². The van der Waals surface area contributed by atoms with Gasteiger partial charge in [-0.25, -0.2) is 0 Å². The number of carboxylic acid groups (broad SMARTS) is 1. The molecule has 0 aromatic carbocycles. The lowest BCUT2D eigenvalue weighted by Gasteiger charge is -2.15. The monoisotopic (exact) mass is 301 g/mol. The number of amides is 1. The molecule has 1 amide bonds. The van der Waals surface area contributed by atoms with Crippen LogP contribution >= 0.6 is 0 Å². The van der Waals surface area contributed by atoms with Crippen molar-refractivity contribution in [3.8, 4) is 0 Å². The van der Waals surface area contributed by atoms with E-state index in [1.54, 1.807) is 7.11 Å². The lowest BCUT2D eigenvalue weighted by Crippen LogP contribution is -2.36. The second-order valence-electron chi connectivity index (χ2n) is 5.55. The van der Waals surface area contributed by atoms with Gasteiger partial charge in [-0.15, -0.1) is 0 Å². The summed E-state index contributed by atoms with van der Waals surface area (Å²) < 4.78 is 10.2. The topological polar surface area (TPSA) is 84.9 Å². The second kappa shape index (κ2) is 9.73. The second-order valence-corrected chi connectivity index (χ2v) is 5.55. The zero-order valence-electron chi connectivity index (χ0n) is 13.0. The van der Waals surface area contributed by atoms with Gasteiger partial charge in [0.1, 0.15) is 0 Å². The van der Waals surface area contributed by atoms with Crippen LogP contribution in [0, 0.1) is 17.8 Å². The molecule has 1 aliphatic rings. The number of methoxy groups -OCH3 is 1. The molecule has 0 spiro atoms. The highest BCUT2D eigenvalue weighted by Gasteiger charge is 2.41. The number of hydrogen-bond donors (Lipinski definition) is 2. The standard InChI is InChI=1S/C15H27NO5/c1-3-11-9-12(13(10-11)15(18)19)14(17)16-5-4-6-21-8-7-20-2/h11-13H,3-10H2,1-2H3,(H,16,17)(H,18,19)/t11?,12-,13+/m0/s1. The fraction of sp³-hybridized carbons (Fsp3) is 0.867. The smallest absolute Gasteiger partial charge is 0.307 e. The van der Waals surface area contributed by atoms with Crippen LogP contribution in [-0.4, -0.2) is 50.5 Å². The summed E-state index contributed by atoms with van der Waals surface area (Å²) in [5.74, 6) is -1.56. The first-order chi connectivity index (χ1) is 10.1. The van der Waals surface area contributed by atoms with Crippen LogP contribution in [0.15, 0.2) is 0 Å². The molecular weight excluding hydrogens is 274 g/mol. The number of rotatable bonds is 10. The molecule has 6 heteroatoms. The Balaban J connectivity index is 2.25. The van der Waals surface area contributed by atoms with Crippen molar-refractivity contribution in [1.29, 1.82) is 0 Å². The number of carbonyl (C=O) groups excluding carboxylic acids is 1. The van der Waals surface area contributed by atoms with E-state index in [1.807, 2.05) is 6.92 Å². The van der Waals surface area contributed by atoms with Gasteiger partial charge in [-0.2, -0.15) is 0 Å². The van der Waals surface area contributed by atoms with Crippen molar-refractivity contribution in [3.05, 3.63) is 0 Å². The Labute approximate surface area is 126 Å². The Kier molecular flexibility index (Phi) is 8.30. The number of hydrogen-bond acceptors (Lipinski definition) is 4. The van der Waals surface area contributed by atoms with E-state index < -0.39 is 11.9 Å². The maximum Gasteiger partial charge on any atom is 0.307 e. The van der Waals surface area contributed by atoms with Gasteiger partial charge in [-0.3, -0.25) is 9.59 Å². The van der Waals surface area contributed by atoms with Crippen molar-refractivity contribution < 1.29 is 24.2 Å². The van der Waals surface area contributed by atoms with Crippen molar-refractivity contribution in [2.45, 2.75) is 32.6 Å². The molecule has 3 atom stereocenters.